The van der Waals surface area contributed by atoms with E-state index in [0.29, 0.717) is 0 Å². The summed E-state index contributed by atoms with van der Waals surface area (Å²) in [4.78, 5) is 132. The number of H-pyrrole nitrogens is 2. The molecule has 6 aromatic heterocycles. The van der Waals surface area contributed by atoms with E-state index in [0.717, 1.165) is 42.0 Å². The van der Waals surface area contributed by atoms with Crippen molar-refractivity contribution < 1.29 is 117 Å². The van der Waals surface area contributed by atoms with Gasteiger partial charge in [0.25, 0.3) is 48.4 Å². The van der Waals surface area contributed by atoms with E-state index in [4.69, 9.17) is 59.2 Å². The number of hydrogen-bond acceptors (Lipinski definition) is 35. The molecule has 45 heteroatoms. The number of rotatable bonds is 22. The number of nitrogen functional groups attached to an aromatic ring is 3. The maximum atomic E-state index is 14.0. The molecule has 3 aliphatic rings. The van der Waals surface area contributed by atoms with Crippen LogP contribution in [0.25, 0.3) is 33.5 Å². The quantitative estimate of drug-likeness (QED) is 0.0190. The van der Waals surface area contributed by atoms with Gasteiger partial charge in [-0.3, -0.25) is 61.1 Å². The zero-order valence-electron chi connectivity index (χ0n) is 43.1. The van der Waals surface area contributed by atoms with E-state index in [1.165, 1.54) is 22.5 Å². The maximum absolute atomic E-state index is 14.0. The lowest BCUT2D eigenvalue weighted by Gasteiger charge is -2.35. The molecule has 83 heavy (non-hydrogen) atoms. The lowest BCUT2D eigenvalue weighted by Crippen LogP contribution is -2.46. The second-order valence-electron chi connectivity index (χ2n) is 18.5. The average Bonchev–Trinajstić information content (AvgIpc) is 2.81. The number of phosphoric acid groups is 4. The number of esters is 2. The Morgan fingerprint density at radius 1 is 0.699 bits per heavy atom. The van der Waals surface area contributed by atoms with Crippen molar-refractivity contribution in [2.24, 2.45) is 7.05 Å². The van der Waals surface area contributed by atoms with Crippen molar-refractivity contribution in [1.82, 2.24) is 53.6 Å². The fraction of sp³-hybridized carbons (Fsp3) is 0.553. The zero-order chi connectivity index (χ0) is 60.4. The Hall–Kier alpha value is -6.13. The van der Waals surface area contributed by atoms with Crippen molar-refractivity contribution in [1.29, 1.82) is 0 Å². The highest BCUT2D eigenvalue weighted by Crippen LogP contribution is 2.63. The smallest absolute Gasteiger partial charge is 0.313 e. The predicted octanol–water partition coefficient (Wildman–Crippen LogP) is -5.32. The van der Waals surface area contributed by atoms with Crippen molar-refractivity contribution in [2.75, 3.05) is 37.0 Å². The number of hydrogen-bond donors (Lipinski definition) is 7. The molecule has 3 aliphatic heterocycles. The van der Waals surface area contributed by atoms with Crippen molar-refractivity contribution in [3.05, 3.63) is 46.0 Å². The normalized spacial score (nSPS) is 28.6. The highest BCUT2D eigenvalue weighted by Gasteiger charge is 2.54. The molecule has 16 unspecified atom stereocenters. The molecule has 0 spiro atoms. The van der Waals surface area contributed by atoms with Crippen LogP contribution in [0, 0.1) is 0 Å². The van der Waals surface area contributed by atoms with Gasteiger partial charge in [0.2, 0.25) is 17.7 Å². The van der Waals surface area contributed by atoms with Crippen LogP contribution in [0.4, 0.5) is 17.7 Å². The van der Waals surface area contributed by atoms with Crippen LogP contribution in [-0.4, -0.2) is 157 Å². The molecule has 0 aromatic carbocycles. The number of aromatic amines is 2. The lowest BCUT2D eigenvalue weighted by molar-refractivity contribution is -0.745. The van der Waals surface area contributed by atoms with E-state index in [-0.39, 0.29) is 51.2 Å². The summed E-state index contributed by atoms with van der Waals surface area (Å²) in [5, 5.41) is 21.5. The number of aromatic nitrogens is 12. The van der Waals surface area contributed by atoms with Gasteiger partial charge in [-0.05, 0) is 13.8 Å². The fourth-order valence-corrected chi connectivity index (χ4v) is 13.4. The van der Waals surface area contributed by atoms with E-state index in [1.807, 2.05) is 0 Å². The van der Waals surface area contributed by atoms with Crippen LogP contribution < -0.4 is 52.5 Å². The Balaban J connectivity index is 0.915. The molecular weight excluding hydrogens is 1210 g/mol. The van der Waals surface area contributed by atoms with E-state index in [1.54, 1.807) is 13.8 Å². The summed E-state index contributed by atoms with van der Waals surface area (Å²) in [6.45, 7) is 1.25. The summed E-state index contributed by atoms with van der Waals surface area (Å²) < 4.78 is 120. The fourth-order valence-electron chi connectivity index (χ4n) is 9.09. The first-order valence-electron chi connectivity index (χ1n) is 23.8. The number of aliphatic hydroxyl groups is 2. The average molecular weight is 1250 g/mol. The summed E-state index contributed by atoms with van der Waals surface area (Å²) in [5.41, 5.74) is 15.2. The Morgan fingerprint density at radius 3 is 1.83 bits per heavy atom. The molecule has 41 nitrogen and oxygen atoms in total. The van der Waals surface area contributed by atoms with Gasteiger partial charge < -0.3 is 93.5 Å². The molecular formula is C38H48N15O26P4-3. The Labute approximate surface area is 461 Å². The number of imidazole rings is 3. The van der Waals surface area contributed by atoms with E-state index in [9.17, 15) is 67.2 Å². The molecule has 10 N–H and O–H groups in total. The van der Waals surface area contributed by atoms with Gasteiger partial charge in [-0.2, -0.15) is 4.98 Å². The molecule has 9 heterocycles. The molecule has 16 atom stereocenters. The monoisotopic (exact) mass is 1250 g/mol. The highest BCUT2D eigenvalue weighted by atomic mass is 31.3. The summed E-state index contributed by atoms with van der Waals surface area (Å²) in [6, 6.07) is 0. The number of nitrogens with two attached hydrogens (primary N) is 3. The first kappa shape index (κ1) is 61.4. The number of aliphatic hydroxyl groups excluding tert-OH is 2. The third-order valence-electron chi connectivity index (χ3n) is 12.2. The van der Waals surface area contributed by atoms with Crippen molar-refractivity contribution in [2.45, 2.75) is 107 Å². The minimum absolute atomic E-state index is 0.0606. The van der Waals surface area contributed by atoms with E-state index >= 15 is 0 Å². The van der Waals surface area contributed by atoms with Crippen molar-refractivity contribution in [3.63, 3.8) is 0 Å². The standard InChI is InChI=1S/C38H51N15O26P4/c1-13(2)71-24-17(75-35(26(24)72-14(3)54)52-11-45-20-30(52)46-37(40)48-32(20)58)7-68-80(60,61)77-25-18(76-36(27(25)73-15(4)55)51-10-44-19-28(39)42-9-43-29(19)51)8-70-82(64,65)79-83(66,67)78-81(62,63)69-6-16-22(56)23(57)34(74-16)53-12-50(5)21-31(53)47-38(41)49-33(21)59/h9-13,16-18,22-27,34-36,56-57H,6-8H2,1-5H3,(H11-,39,40,41,42,43,46,47,48,49,58,59,60,61,62,63,64,65,66,67)/p-3. The van der Waals surface area contributed by atoms with Crippen LogP contribution in [-0.2, 0) is 90.0 Å². The van der Waals surface area contributed by atoms with E-state index < -0.39 is 154 Å². The lowest BCUT2D eigenvalue weighted by atomic mass is 10.1. The number of phosphoric ester groups is 3. The molecule has 3 fully saturated rings. The van der Waals surface area contributed by atoms with Crippen LogP contribution >= 0.6 is 31.3 Å². The molecule has 454 valence electrons. The summed E-state index contributed by atoms with van der Waals surface area (Å²) in [7, 11) is -23.8. The number of aryl methyl sites for hydroxylation is 1. The summed E-state index contributed by atoms with van der Waals surface area (Å²) in [5.74, 6) is -2.84. The summed E-state index contributed by atoms with van der Waals surface area (Å²) in [6.07, 6.45) is -17.4. The van der Waals surface area contributed by atoms with Crippen LogP contribution in [0.2, 0.25) is 0 Å². The van der Waals surface area contributed by atoms with Gasteiger partial charge in [0, 0.05) is 13.8 Å². The van der Waals surface area contributed by atoms with Gasteiger partial charge in [0.1, 0.15) is 54.6 Å². The third kappa shape index (κ3) is 13.2. The molecule has 0 saturated carbocycles. The first-order valence-corrected chi connectivity index (χ1v) is 29.7. The number of nitrogens with zero attached hydrogens (tertiary/aromatic N) is 10. The molecule has 3 saturated heterocycles. The SMILES string of the molecule is CC(=O)OC1C(OP(=O)([O-])OCC2OC(n3cnc4c(=O)[nH]c(N)nc43)C(OC(C)=O)C2OC(C)C)C(COP(=O)([O-])OP(=O)([O-])OP(=O)([O-])OCC2OC([n+]3cn(C)c4c(=O)[nH]c(N)nc43)C(O)C2O)OC1n1cnc2c(N)ncnc21. The zero-order valence-corrected chi connectivity index (χ0v) is 46.7. The molecule has 0 bridgehead atoms. The van der Waals surface area contributed by atoms with Gasteiger partial charge >= 0.3 is 17.6 Å². The van der Waals surface area contributed by atoms with Gasteiger partial charge in [-0.25, -0.2) is 33.1 Å². The van der Waals surface area contributed by atoms with Crippen molar-refractivity contribution in [3.8, 4) is 0 Å². The topological polar surface area (TPSA) is 586 Å². The number of anilines is 3. The number of carbonyl (C=O) groups is 2. The molecule has 0 aliphatic carbocycles. The largest absolute Gasteiger partial charge is 0.756 e. The minimum atomic E-state index is -6.66. The number of fused-ring (bicyclic) bond motifs is 3. The van der Waals surface area contributed by atoms with Gasteiger partial charge in [0.15, 0.2) is 53.6 Å². The van der Waals surface area contributed by atoms with Crippen LogP contribution in [0.3, 0.4) is 0 Å². The van der Waals surface area contributed by atoms with Gasteiger partial charge in [0.05, 0.1) is 45.6 Å². The second kappa shape index (κ2) is 23.4. The number of ether oxygens (including phenoxy) is 6. The molecule has 9 rings (SSSR count). The molecule has 0 amide bonds. The Kier molecular flexibility index (Phi) is 17.3. The highest BCUT2D eigenvalue weighted by molar-refractivity contribution is 7.65. The maximum Gasteiger partial charge on any atom is 0.313 e. The first-order chi connectivity index (χ1) is 38.8. The van der Waals surface area contributed by atoms with Crippen LogP contribution in [0.15, 0.2) is 34.9 Å². The number of carbonyl (C=O) groups excluding carboxylic acids is 2. The summed E-state index contributed by atoms with van der Waals surface area (Å²) >= 11 is 0. The van der Waals surface area contributed by atoms with Crippen LogP contribution in [0.5, 0.6) is 0 Å². The van der Waals surface area contributed by atoms with E-state index in [2.05, 4.69) is 53.0 Å². The van der Waals surface area contributed by atoms with Gasteiger partial charge in [-0.15, -0.1) is 0 Å². The minimum Gasteiger partial charge on any atom is -0.756 e. The number of nitrogens with one attached hydrogen (secondary N) is 2. The predicted molar refractivity (Wildman–Crippen MR) is 258 cm³/mol. The molecule has 6 aromatic rings. The second-order valence-corrected chi connectivity index (χ2v) is 24.4. The Morgan fingerprint density at radius 2 is 1.23 bits per heavy atom. The van der Waals surface area contributed by atoms with Gasteiger partial charge in [-0.1, -0.05) is 4.98 Å². The molecule has 0 radical (unpaired) electrons. The third-order valence-corrected chi connectivity index (χ3v) is 17.3. The van der Waals surface area contributed by atoms with Crippen molar-refractivity contribution >= 4 is 94.4 Å². The van der Waals surface area contributed by atoms with Crippen LogP contribution in [0.1, 0.15) is 46.4 Å². The Bertz CT molecular complexity index is 3780.